The van der Waals surface area contributed by atoms with Gasteiger partial charge in [-0.15, -0.1) is 0 Å². The summed E-state index contributed by atoms with van der Waals surface area (Å²) in [7, 11) is 0. The van der Waals surface area contributed by atoms with E-state index in [0.717, 1.165) is 23.3 Å². The molecule has 5 aromatic carbocycles. The third kappa shape index (κ3) is 6.63. The molecule has 0 fully saturated rings. The molecular weight excluding hydrogens is 593 g/mol. The number of ether oxygens (including phenoxy) is 2. The van der Waals surface area contributed by atoms with Crippen molar-refractivity contribution in [1.29, 1.82) is 0 Å². The third-order valence-electron chi connectivity index (χ3n) is 7.29. The number of aromatic nitrogens is 2. The van der Waals surface area contributed by atoms with Crippen LogP contribution in [0.2, 0.25) is 0 Å². The van der Waals surface area contributed by atoms with Gasteiger partial charge in [-0.05, 0) is 53.6 Å². The molecule has 9 heteroatoms. The van der Waals surface area contributed by atoms with Gasteiger partial charge in [-0.1, -0.05) is 84.9 Å². The van der Waals surface area contributed by atoms with Crippen molar-refractivity contribution in [3.05, 3.63) is 156 Å². The van der Waals surface area contributed by atoms with Crippen LogP contribution in [0.5, 0.6) is 11.5 Å². The molecule has 0 radical (unpaired) electrons. The van der Waals surface area contributed by atoms with Gasteiger partial charge in [-0.3, -0.25) is 4.57 Å². The number of benzene rings is 5. The summed E-state index contributed by atoms with van der Waals surface area (Å²) in [6.07, 6.45) is -3.29. The van der Waals surface area contributed by atoms with Crippen molar-refractivity contribution in [2.75, 3.05) is 0 Å². The number of hydrogen-bond donors (Lipinski definition) is 1. The quantitative estimate of drug-likeness (QED) is 0.165. The minimum Gasteiger partial charge on any atom is -0.488 e. The Labute approximate surface area is 262 Å². The maximum absolute atomic E-state index is 14.1. The molecule has 0 atom stereocenters. The van der Waals surface area contributed by atoms with E-state index in [-0.39, 0.29) is 12.3 Å². The van der Waals surface area contributed by atoms with Crippen LogP contribution in [0.15, 0.2) is 134 Å². The Balaban J connectivity index is 1.48. The van der Waals surface area contributed by atoms with Crippen molar-refractivity contribution in [1.82, 2.24) is 9.55 Å². The van der Waals surface area contributed by atoms with Gasteiger partial charge in [-0.25, -0.2) is 9.78 Å². The van der Waals surface area contributed by atoms with Crippen LogP contribution in [-0.2, 0) is 19.4 Å². The normalized spacial score (nSPS) is 11.3. The Hall–Kier alpha value is -5.83. The summed E-state index contributed by atoms with van der Waals surface area (Å²) in [5.74, 6) is -0.368. The van der Waals surface area contributed by atoms with Gasteiger partial charge in [0.25, 0.3) is 0 Å². The highest BCUT2D eigenvalue weighted by atomic mass is 19.4. The number of hydrogen-bond acceptors (Lipinski definition) is 4. The van der Waals surface area contributed by atoms with Crippen LogP contribution in [0.4, 0.5) is 13.2 Å². The van der Waals surface area contributed by atoms with Crippen molar-refractivity contribution in [3.8, 4) is 39.8 Å². The first-order valence-electron chi connectivity index (χ1n) is 14.3. The number of carboxylic acids is 1. The lowest BCUT2D eigenvalue weighted by atomic mass is 10.1. The van der Waals surface area contributed by atoms with Gasteiger partial charge in [-0.2, -0.15) is 13.2 Å². The highest BCUT2D eigenvalue weighted by Crippen LogP contribution is 2.39. The van der Waals surface area contributed by atoms with Gasteiger partial charge >= 0.3 is 12.1 Å². The molecule has 0 bridgehead atoms. The van der Waals surface area contributed by atoms with Crippen LogP contribution in [0, 0.1) is 0 Å². The summed E-state index contributed by atoms with van der Waals surface area (Å²) in [5, 5.41) is 9.48. The van der Waals surface area contributed by atoms with Gasteiger partial charge < -0.3 is 14.6 Å². The van der Waals surface area contributed by atoms with Crippen LogP contribution in [-0.4, -0.2) is 20.6 Å². The average Bonchev–Trinajstić information content (AvgIpc) is 3.52. The Morgan fingerprint density at radius 1 is 0.696 bits per heavy atom. The van der Waals surface area contributed by atoms with Gasteiger partial charge in [0, 0.05) is 17.4 Å². The zero-order valence-electron chi connectivity index (χ0n) is 24.3. The zero-order chi connectivity index (χ0) is 32.1. The lowest BCUT2D eigenvalue weighted by Crippen LogP contribution is -2.14. The number of carboxylic acid groups (broad SMARTS) is 1. The van der Waals surface area contributed by atoms with E-state index in [9.17, 15) is 23.1 Å². The van der Waals surface area contributed by atoms with Crippen LogP contribution in [0.3, 0.4) is 0 Å². The number of carbonyl (C=O) groups is 1. The van der Waals surface area contributed by atoms with Gasteiger partial charge in [0.05, 0.1) is 22.4 Å². The fraction of sp³-hybridized carbons (Fsp3) is 0.0811. The predicted molar refractivity (Wildman–Crippen MR) is 168 cm³/mol. The summed E-state index contributed by atoms with van der Waals surface area (Å²) in [6.45, 7) is 0.556. The molecule has 6 rings (SSSR count). The smallest absolute Gasteiger partial charge is 0.417 e. The van der Waals surface area contributed by atoms with E-state index in [1.807, 2.05) is 78.9 Å². The lowest BCUT2D eigenvalue weighted by Gasteiger charge is -2.15. The molecule has 6 aromatic rings. The average molecular weight is 621 g/mol. The highest BCUT2D eigenvalue weighted by Gasteiger charge is 2.36. The maximum Gasteiger partial charge on any atom is 0.417 e. The van der Waals surface area contributed by atoms with Crippen LogP contribution in [0.1, 0.15) is 27.0 Å². The van der Waals surface area contributed by atoms with E-state index >= 15 is 0 Å². The molecule has 0 saturated carbocycles. The van der Waals surface area contributed by atoms with E-state index in [0.29, 0.717) is 40.8 Å². The monoisotopic (exact) mass is 620 g/mol. The fourth-order valence-corrected chi connectivity index (χ4v) is 5.05. The molecule has 1 heterocycles. The maximum atomic E-state index is 14.1. The van der Waals surface area contributed by atoms with E-state index in [4.69, 9.17) is 14.5 Å². The number of rotatable bonds is 10. The second kappa shape index (κ2) is 13.0. The molecule has 6 nitrogen and oxygen atoms in total. The Morgan fingerprint density at radius 2 is 1.22 bits per heavy atom. The first-order chi connectivity index (χ1) is 22.3. The number of para-hydroxylation sites is 2. The number of aromatic carboxylic acids is 1. The second-order valence-electron chi connectivity index (χ2n) is 10.4. The van der Waals surface area contributed by atoms with E-state index in [2.05, 4.69) is 0 Å². The van der Waals surface area contributed by atoms with Crippen LogP contribution in [0.25, 0.3) is 28.3 Å². The summed E-state index contributed by atoms with van der Waals surface area (Å²) in [4.78, 5) is 16.6. The van der Waals surface area contributed by atoms with Crippen LogP contribution >= 0.6 is 0 Å². The minimum atomic E-state index is -4.90. The van der Waals surface area contributed by atoms with E-state index < -0.39 is 23.3 Å². The molecular formula is C37H27F3N2O4. The van der Waals surface area contributed by atoms with Gasteiger partial charge in [0.1, 0.15) is 30.5 Å². The van der Waals surface area contributed by atoms with Crippen molar-refractivity contribution in [2.24, 2.45) is 0 Å². The highest BCUT2D eigenvalue weighted by molar-refractivity contribution is 5.90. The Kier molecular flexibility index (Phi) is 8.56. The molecule has 0 saturated heterocycles. The Bertz CT molecular complexity index is 1970. The summed E-state index contributed by atoms with van der Waals surface area (Å²) < 4.78 is 56.1. The molecule has 1 aromatic heterocycles. The van der Waals surface area contributed by atoms with Crippen molar-refractivity contribution < 1.29 is 32.5 Å². The van der Waals surface area contributed by atoms with Crippen molar-refractivity contribution in [3.63, 3.8) is 0 Å². The molecule has 0 aliphatic carbocycles. The van der Waals surface area contributed by atoms with Crippen LogP contribution < -0.4 is 9.47 Å². The summed E-state index contributed by atoms with van der Waals surface area (Å²) in [5.41, 5.74) is 1.46. The molecule has 0 unspecified atom stereocenters. The number of imidazole rings is 1. The molecule has 0 aliphatic heterocycles. The number of nitrogens with zero attached hydrogens (tertiary/aromatic N) is 2. The molecule has 46 heavy (non-hydrogen) atoms. The second-order valence-corrected chi connectivity index (χ2v) is 10.4. The molecule has 0 amide bonds. The lowest BCUT2D eigenvalue weighted by molar-refractivity contribution is -0.138. The number of alkyl halides is 3. The van der Waals surface area contributed by atoms with Crippen molar-refractivity contribution >= 4 is 5.97 Å². The van der Waals surface area contributed by atoms with Gasteiger partial charge in [0.15, 0.2) is 0 Å². The number of halogens is 3. The van der Waals surface area contributed by atoms with E-state index in [1.165, 1.54) is 10.6 Å². The van der Waals surface area contributed by atoms with E-state index in [1.54, 1.807) is 36.5 Å². The molecule has 0 aliphatic rings. The molecule has 0 spiro atoms. The largest absolute Gasteiger partial charge is 0.488 e. The SMILES string of the molecule is O=C(O)c1ccc(-n2cc(-c3ccccc3OCc3ccccc3)nc2-c2ccccc2OCc2ccccc2)cc1C(F)(F)F. The standard InChI is InChI=1S/C37H27F3N2O4/c38-37(39,40)31-21-27(19-20-28(31)36(43)44)42-22-32(29-15-7-9-17-33(29)45-23-25-11-3-1-4-12-25)41-35(42)30-16-8-10-18-34(30)46-24-26-13-5-2-6-14-26/h1-22H,23-24H2,(H,43,44). The zero-order valence-corrected chi connectivity index (χ0v) is 24.3. The minimum absolute atomic E-state index is 0.0756. The summed E-state index contributed by atoms with van der Waals surface area (Å²) >= 11 is 0. The molecule has 1 N–H and O–H groups in total. The van der Waals surface area contributed by atoms with Gasteiger partial charge in [0.2, 0.25) is 0 Å². The Morgan fingerprint density at radius 3 is 1.78 bits per heavy atom. The predicted octanol–water partition coefficient (Wildman–Crippen LogP) is 9.08. The summed E-state index contributed by atoms with van der Waals surface area (Å²) in [6, 6.07) is 36.7. The first-order valence-corrected chi connectivity index (χ1v) is 14.3. The third-order valence-corrected chi connectivity index (χ3v) is 7.29. The molecule has 230 valence electrons. The van der Waals surface area contributed by atoms with Crippen molar-refractivity contribution in [2.45, 2.75) is 19.4 Å². The first kappa shape index (κ1) is 30.2. The topological polar surface area (TPSA) is 73.6 Å². The fourth-order valence-electron chi connectivity index (χ4n) is 5.05.